The molecule has 3 nitrogen and oxygen atoms in total. The SMILES string of the molecule is COCCOCCCS(=O)c1ccc(F)cc1. The maximum atomic E-state index is 12.6. The van der Waals surface area contributed by atoms with Crippen molar-refractivity contribution in [1.29, 1.82) is 0 Å². The van der Waals surface area contributed by atoms with E-state index in [-0.39, 0.29) is 5.82 Å². The summed E-state index contributed by atoms with van der Waals surface area (Å²) in [6.45, 7) is 1.69. The third-order valence-corrected chi connectivity index (χ3v) is 3.58. The Hall–Kier alpha value is -0.780. The van der Waals surface area contributed by atoms with Crippen LogP contribution in [0.15, 0.2) is 29.2 Å². The van der Waals surface area contributed by atoms with Crippen LogP contribution in [0.2, 0.25) is 0 Å². The molecule has 1 rings (SSSR count). The lowest BCUT2D eigenvalue weighted by atomic mass is 10.4. The molecule has 0 saturated heterocycles. The summed E-state index contributed by atoms with van der Waals surface area (Å²) < 4.78 is 34.5. The molecule has 0 amide bonds. The van der Waals surface area contributed by atoms with E-state index in [1.165, 1.54) is 12.1 Å². The molecule has 0 bridgehead atoms. The van der Waals surface area contributed by atoms with Crippen LogP contribution >= 0.6 is 0 Å². The van der Waals surface area contributed by atoms with E-state index in [0.29, 0.717) is 36.9 Å². The fraction of sp³-hybridized carbons (Fsp3) is 0.500. The van der Waals surface area contributed by atoms with Crippen LogP contribution in [0.25, 0.3) is 0 Å². The maximum absolute atomic E-state index is 12.6. The molecule has 0 spiro atoms. The van der Waals surface area contributed by atoms with E-state index >= 15 is 0 Å². The highest BCUT2D eigenvalue weighted by atomic mass is 32.2. The average Bonchev–Trinajstić information content (AvgIpc) is 2.34. The summed E-state index contributed by atoms with van der Waals surface area (Å²) in [5, 5.41) is 0. The van der Waals surface area contributed by atoms with Gasteiger partial charge >= 0.3 is 0 Å². The Morgan fingerprint density at radius 2 is 1.88 bits per heavy atom. The molecule has 1 aromatic carbocycles. The number of halogens is 1. The second-order valence-corrected chi connectivity index (χ2v) is 5.03. The molecule has 1 atom stereocenters. The third-order valence-electron chi connectivity index (χ3n) is 2.13. The minimum atomic E-state index is -1.08. The van der Waals surface area contributed by atoms with Crippen molar-refractivity contribution in [3.63, 3.8) is 0 Å². The van der Waals surface area contributed by atoms with Gasteiger partial charge < -0.3 is 9.47 Å². The van der Waals surface area contributed by atoms with Gasteiger partial charge in [-0.1, -0.05) is 0 Å². The van der Waals surface area contributed by atoms with Crippen LogP contribution in [0.4, 0.5) is 4.39 Å². The Morgan fingerprint density at radius 3 is 2.53 bits per heavy atom. The number of hydrogen-bond donors (Lipinski definition) is 0. The predicted octanol–water partition coefficient (Wildman–Crippen LogP) is 1.99. The molecule has 0 saturated carbocycles. The Morgan fingerprint density at radius 1 is 1.18 bits per heavy atom. The molecule has 0 aliphatic rings. The Kier molecular flexibility index (Phi) is 7.00. The van der Waals surface area contributed by atoms with Crippen LogP contribution in [-0.4, -0.2) is 36.9 Å². The van der Waals surface area contributed by atoms with E-state index < -0.39 is 10.8 Å². The zero-order valence-electron chi connectivity index (χ0n) is 9.86. The zero-order chi connectivity index (χ0) is 12.5. The quantitative estimate of drug-likeness (QED) is 0.671. The van der Waals surface area contributed by atoms with E-state index in [4.69, 9.17) is 9.47 Å². The summed E-state index contributed by atoms with van der Waals surface area (Å²) in [5.41, 5.74) is 0. The van der Waals surface area contributed by atoms with Gasteiger partial charge in [-0.15, -0.1) is 0 Å². The van der Waals surface area contributed by atoms with Gasteiger partial charge in [-0.3, -0.25) is 4.21 Å². The molecule has 5 heteroatoms. The summed E-state index contributed by atoms with van der Waals surface area (Å²) in [6, 6.07) is 5.75. The van der Waals surface area contributed by atoms with Crippen LogP contribution in [0.5, 0.6) is 0 Å². The summed E-state index contributed by atoms with van der Waals surface area (Å²) in [6.07, 6.45) is 0.716. The molecule has 0 aromatic heterocycles. The van der Waals surface area contributed by atoms with Crippen molar-refractivity contribution in [2.45, 2.75) is 11.3 Å². The molecule has 17 heavy (non-hydrogen) atoms. The van der Waals surface area contributed by atoms with E-state index in [2.05, 4.69) is 0 Å². The number of rotatable bonds is 8. The number of methoxy groups -OCH3 is 1. The highest BCUT2D eigenvalue weighted by Gasteiger charge is 2.03. The first kappa shape index (κ1) is 14.3. The molecule has 0 heterocycles. The lowest BCUT2D eigenvalue weighted by Crippen LogP contribution is -2.06. The van der Waals surface area contributed by atoms with Gasteiger partial charge in [0.25, 0.3) is 0 Å². The Bertz CT molecular complexity index is 340. The average molecular weight is 260 g/mol. The minimum absolute atomic E-state index is 0.311. The van der Waals surface area contributed by atoms with Gasteiger partial charge in [0.05, 0.1) is 24.0 Å². The van der Waals surface area contributed by atoms with Crippen molar-refractivity contribution in [1.82, 2.24) is 0 Å². The normalized spacial score (nSPS) is 12.6. The summed E-state index contributed by atoms with van der Waals surface area (Å²) in [7, 11) is 0.541. The molecule has 0 aliphatic carbocycles. The first-order chi connectivity index (χ1) is 8.24. The lowest BCUT2D eigenvalue weighted by molar-refractivity contribution is 0.0713. The largest absolute Gasteiger partial charge is 0.382 e. The molecule has 0 fully saturated rings. The second kappa shape index (κ2) is 8.33. The van der Waals surface area contributed by atoms with E-state index in [1.54, 1.807) is 19.2 Å². The van der Waals surface area contributed by atoms with Crippen molar-refractivity contribution >= 4 is 10.8 Å². The van der Waals surface area contributed by atoms with E-state index in [0.717, 1.165) is 0 Å². The van der Waals surface area contributed by atoms with Crippen molar-refractivity contribution in [2.75, 3.05) is 32.7 Å². The highest BCUT2D eigenvalue weighted by Crippen LogP contribution is 2.08. The predicted molar refractivity (Wildman–Crippen MR) is 65.0 cm³/mol. The van der Waals surface area contributed by atoms with Crippen LogP contribution in [0.3, 0.4) is 0 Å². The van der Waals surface area contributed by atoms with Gasteiger partial charge in [0.2, 0.25) is 0 Å². The smallest absolute Gasteiger partial charge is 0.123 e. The first-order valence-electron chi connectivity index (χ1n) is 5.44. The zero-order valence-corrected chi connectivity index (χ0v) is 10.7. The molecule has 0 aliphatic heterocycles. The van der Waals surface area contributed by atoms with Crippen molar-refractivity contribution in [3.05, 3.63) is 30.1 Å². The molecule has 0 radical (unpaired) electrons. The molecular formula is C12H17FO3S. The van der Waals surface area contributed by atoms with Gasteiger partial charge in [-0.2, -0.15) is 0 Å². The first-order valence-corrected chi connectivity index (χ1v) is 6.76. The van der Waals surface area contributed by atoms with Crippen LogP contribution in [-0.2, 0) is 20.3 Å². The van der Waals surface area contributed by atoms with Crippen LogP contribution < -0.4 is 0 Å². The number of benzene rings is 1. The summed E-state index contributed by atoms with van der Waals surface area (Å²) >= 11 is 0. The fourth-order valence-electron chi connectivity index (χ4n) is 1.24. The topological polar surface area (TPSA) is 35.5 Å². The summed E-state index contributed by atoms with van der Waals surface area (Å²) in [4.78, 5) is 0.656. The third kappa shape index (κ3) is 5.91. The van der Waals surface area contributed by atoms with Gasteiger partial charge in [-0.05, 0) is 30.7 Å². The van der Waals surface area contributed by atoms with Crippen molar-refractivity contribution in [2.24, 2.45) is 0 Å². The van der Waals surface area contributed by atoms with Crippen LogP contribution in [0.1, 0.15) is 6.42 Å². The van der Waals surface area contributed by atoms with Crippen molar-refractivity contribution in [3.8, 4) is 0 Å². The highest BCUT2D eigenvalue weighted by molar-refractivity contribution is 7.85. The Balaban J connectivity index is 2.19. The molecule has 0 N–H and O–H groups in total. The second-order valence-electron chi connectivity index (χ2n) is 3.46. The van der Waals surface area contributed by atoms with E-state index in [1.807, 2.05) is 0 Å². The lowest BCUT2D eigenvalue weighted by Gasteiger charge is -2.04. The maximum Gasteiger partial charge on any atom is 0.123 e. The van der Waals surface area contributed by atoms with Gasteiger partial charge in [0, 0.05) is 24.4 Å². The van der Waals surface area contributed by atoms with Gasteiger partial charge in [0.1, 0.15) is 5.82 Å². The standard InChI is InChI=1S/C12H17FO3S/c1-15-8-9-16-7-2-10-17(14)12-5-3-11(13)4-6-12/h3-6H,2,7-10H2,1H3. The Labute approximate surface area is 103 Å². The molecular weight excluding hydrogens is 243 g/mol. The van der Waals surface area contributed by atoms with Gasteiger partial charge in [-0.25, -0.2) is 4.39 Å². The minimum Gasteiger partial charge on any atom is -0.382 e. The van der Waals surface area contributed by atoms with Gasteiger partial charge in [0.15, 0.2) is 0 Å². The monoisotopic (exact) mass is 260 g/mol. The van der Waals surface area contributed by atoms with Crippen LogP contribution in [0, 0.1) is 5.82 Å². The van der Waals surface area contributed by atoms with Crippen molar-refractivity contribution < 1.29 is 18.1 Å². The van der Waals surface area contributed by atoms with E-state index in [9.17, 15) is 8.60 Å². The fourth-order valence-corrected chi connectivity index (χ4v) is 2.30. The summed E-state index contributed by atoms with van der Waals surface area (Å²) in [5.74, 6) is 0.215. The molecule has 1 aromatic rings. The number of ether oxygens (including phenoxy) is 2. The molecule has 96 valence electrons. The number of hydrogen-bond acceptors (Lipinski definition) is 3. The molecule has 1 unspecified atom stereocenters.